The van der Waals surface area contributed by atoms with E-state index in [0.717, 1.165) is 32.8 Å². The highest BCUT2D eigenvalue weighted by Crippen LogP contribution is 1.98. The van der Waals surface area contributed by atoms with Crippen molar-refractivity contribution in [1.82, 2.24) is 9.80 Å². The maximum Gasteiger partial charge on any atom is 0.0920 e. The predicted molar refractivity (Wildman–Crippen MR) is 45.0 cm³/mol. The maximum atomic E-state index is 4.14. The van der Waals surface area contributed by atoms with Gasteiger partial charge in [0.05, 0.1) is 32.4 Å². The molecule has 0 amide bonds. The quantitative estimate of drug-likeness (QED) is 0.540. The van der Waals surface area contributed by atoms with E-state index in [0.29, 0.717) is 0 Å². The molecule has 4 nitrogen and oxygen atoms in total. The second-order valence-electron chi connectivity index (χ2n) is 2.81. The van der Waals surface area contributed by atoms with Gasteiger partial charge in [-0.3, -0.25) is 9.98 Å². The first-order valence-electron chi connectivity index (χ1n) is 3.93. The van der Waals surface area contributed by atoms with Crippen molar-refractivity contribution in [2.24, 2.45) is 9.98 Å². The summed E-state index contributed by atoms with van der Waals surface area (Å²) in [7, 11) is 0. The minimum Gasteiger partial charge on any atom is -0.343 e. The van der Waals surface area contributed by atoms with E-state index in [4.69, 9.17) is 0 Å². The van der Waals surface area contributed by atoms with Gasteiger partial charge in [0.15, 0.2) is 0 Å². The van der Waals surface area contributed by atoms with Crippen molar-refractivity contribution >= 4 is 12.7 Å². The van der Waals surface area contributed by atoms with Crippen molar-refractivity contribution in [2.45, 2.75) is 0 Å². The molecule has 11 heavy (non-hydrogen) atoms. The normalized spacial score (nSPS) is 22.2. The molecule has 0 radical (unpaired) electrons. The molecule has 4 heteroatoms. The lowest BCUT2D eigenvalue weighted by Gasteiger charge is -2.21. The van der Waals surface area contributed by atoms with Crippen molar-refractivity contribution in [2.75, 3.05) is 32.8 Å². The number of nitrogens with zero attached hydrogens (tertiary/aromatic N) is 4. The summed E-state index contributed by atoms with van der Waals surface area (Å²) in [5.74, 6) is 0. The van der Waals surface area contributed by atoms with Crippen LogP contribution >= 0.6 is 0 Å². The minimum atomic E-state index is 0.949. The van der Waals surface area contributed by atoms with Crippen LogP contribution in [0.1, 0.15) is 0 Å². The minimum absolute atomic E-state index is 0.949. The van der Waals surface area contributed by atoms with E-state index in [1.54, 1.807) is 0 Å². The fraction of sp³-hybridized carbons (Fsp3) is 0.714. The van der Waals surface area contributed by atoms with E-state index in [-0.39, 0.29) is 0 Å². The van der Waals surface area contributed by atoms with Gasteiger partial charge < -0.3 is 9.80 Å². The van der Waals surface area contributed by atoms with Crippen LogP contribution in [0.4, 0.5) is 0 Å². The molecule has 2 rings (SSSR count). The Bertz CT molecular complexity index is 167. The Labute approximate surface area is 66.2 Å². The molecule has 2 aliphatic rings. The van der Waals surface area contributed by atoms with Gasteiger partial charge in [-0.1, -0.05) is 0 Å². The molecule has 0 N–H and O–H groups in total. The van der Waals surface area contributed by atoms with Gasteiger partial charge in [0.2, 0.25) is 0 Å². The molecule has 0 aromatic heterocycles. The largest absolute Gasteiger partial charge is 0.343 e. The highest BCUT2D eigenvalue weighted by molar-refractivity contribution is 5.60. The third-order valence-corrected chi connectivity index (χ3v) is 1.89. The topological polar surface area (TPSA) is 31.2 Å². The summed E-state index contributed by atoms with van der Waals surface area (Å²) in [6.45, 7) is 4.97. The van der Waals surface area contributed by atoms with E-state index < -0.39 is 0 Å². The molecule has 0 saturated carbocycles. The molecule has 0 aromatic rings. The van der Waals surface area contributed by atoms with Crippen LogP contribution in [0.25, 0.3) is 0 Å². The monoisotopic (exact) mass is 152 g/mol. The van der Waals surface area contributed by atoms with Crippen molar-refractivity contribution in [1.29, 1.82) is 0 Å². The van der Waals surface area contributed by atoms with E-state index in [1.165, 1.54) is 0 Å². The molecule has 0 aliphatic carbocycles. The van der Waals surface area contributed by atoms with Gasteiger partial charge in [0, 0.05) is 13.1 Å². The molecule has 0 unspecified atom stereocenters. The summed E-state index contributed by atoms with van der Waals surface area (Å²) >= 11 is 0. The van der Waals surface area contributed by atoms with Crippen LogP contribution in [-0.4, -0.2) is 55.3 Å². The Morgan fingerprint density at radius 2 is 1.55 bits per heavy atom. The van der Waals surface area contributed by atoms with Crippen molar-refractivity contribution in [3.8, 4) is 0 Å². The van der Waals surface area contributed by atoms with E-state index in [1.807, 2.05) is 12.7 Å². The van der Waals surface area contributed by atoms with Crippen LogP contribution in [0.5, 0.6) is 0 Å². The molecule has 0 saturated heterocycles. The molecular weight excluding hydrogens is 140 g/mol. The molecule has 0 bridgehead atoms. The Morgan fingerprint density at radius 1 is 1.00 bits per heavy atom. The fourth-order valence-corrected chi connectivity index (χ4v) is 1.28. The van der Waals surface area contributed by atoms with Gasteiger partial charge in [-0.15, -0.1) is 0 Å². The van der Waals surface area contributed by atoms with Gasteiger partial charge in [-0.25, -0.2) is 0 Å². The zero-order valence-electron chi connectivity index (χ0n) is 6.48. The van der Waals surface area contributed by atoms with Crippen LogP contribution in [0, 0.1) is 0 Å². The summed E-state index contributed by atoms with van der Waals surface area (Å²) in [6, 6.07) is 0. The second kappa shape index (κ2) is 2.90. The summed E-state index contributed by atoms with van der Waals surface area (Å²) in [4.78, 5) is 12.7. The standard InChI is InChI=1S/C7H12N4/c1-3-10(5-8-1)7-11-4-2-9-6-11/h5-6H,1-4,7H2. The first kappa shape index (κ1) is 6.64. The van der Waals surface area contributed by atoms with E-state index >= 15 is 0 Å². The Morgan fingerprint density at radius 3 is 1.91 bits per heavy atom. The number of hydrogen-bond acceptors (Lipinski definition) is 4. The predicted octanol–water partition coefficient (Wildman–Crippen LogP) is -0.368. The lowest BCUT2D eigenvalue weighted by atomic mass is 10.6. The Hall–Kier alpha value is -1.06. The van der Waals surface area contributed by atoms with Gasteiger partial charge >= 0.3 is 0 Å². The lowest BCUT2D eigenvalue weighted by molar-refractivity contribution is 0.313. The fourth-order valence-electron chi connectivity index (χ4n) is 1.28. The molecule has 60 valence electrons. The van der Waals surface area contributed by atoms with Crippen molar-refractivity contribution < 1.29 is 0 Å². The summed E-state index contributed by atoms with van der Waals surface area (Å²) < 4.78 is 0. The third kappa shape index (κ3) is 1.50. The molecule has 0 fully saturated rings. The van der Waals surface area contributed by atoms with Crippen molar-refractivity contribution in [3.05, 3.63) is 0 Å². The first-order chi connectivity index (χ1) is 5.45. The number of aliphatic imine (C=N–C) groups is 2. The Kier molecular flexibility index (Phi) is 1.75. The molecule has 0 spiro atoms. The van der Waals surface area contributed by atoms with Crippen LogP contribution < -0.4 is 0 Å². The van der Waals surface area contributed by atoms with Crippen LogP contribution in [0.2, 0.25) is 0 Å². The highest BCUT2D eigenvalue weighted by Gasteiger charge is 2.10. The summed E-state index contributed by atoms with van der Waals surface area (Å²) in [6.07, 6.45) is 3.85. The number of hydrogen-bond donors (Lipinski definition) is 0. The first-order valence-corrected chi connectivity index (χ1v) is 3.93. The zero-order chi connectivity index (χ0) is 7.52. The smallest absolute Gasteiger partial charge is 0.0920 e. The summed E-state index contributed by atoms with van der Waals surface area (Å²) in [5, 5.41) is 0. The van der Waals surface area contributed by atoms with Crippen LogP contribution in [-0.2, 0) is 0 Å². The third-order valence-electron chi connectivity index (χ3n) is 1.89. The zero-order valence-corrected chi connectivity index (χ0v) is 6.48. The lowest BCUT2D eigenvalue weighted by Crippen LogP contribution is -2.34. The molecular formula is C7H12N4. The second-order valence-corrected chi connectivity index (χ2v) is 2.81. The van der Waals surface area contributed by atoms with Gasteiger partial charge in [0.25, 0.3) is 0 Å². The van der Waals surface area contributed by atoms with E-state index in [9.17, 15) is 0 Å². The molecule has 2 aliphatic heterocycles. The average molecular weight is 152 g/mol. The molecule has 0 aromatic carbocycles. The SMILES string of the molecule is C1=NCCN1CN1C=NCC1. The Balaban J connectivity index is 1.80. The van der Waals surface area contributed by atoms with Crippen LogP contribution in [0.15, 0.2) is 9.98 Å². The summed E-state index contributed by atoms with van der Waals surface area (Å²) in [5.41, 5.74) is 0. The van der Waals surface area contributed by atoms with Gasteiger partial charge in [0.1, 0.15) is 0 Å². The molecule has 2 heterocycles. The molecule has 0 atom stereocenters. The average Bonchev–Trinajstić information content (AvgIpc) is 2.60. The van der Waals surface area contributed by atoms with Crippen LogP contribution in [0.3, 0.4) is 0 Å². The van der Waals surface area contributed by atoms with Crippen molar-refractivity contribution in [3.63, 3.8) is 0 Å². The highest BCUT2D eigenvalue weighted by atomic mass is 15.4. The maximum absolute atomic E-state index is 4.14. The van der Waals surface area contributed by atoms with Gasteiger partial charge in [-0.2, -0.15) is 0 Å². The van der Waals surface area contributed by atoms with Gasteiger partial charge in [-0.05, 0) is 0 Å². The number of rotatable bonds is 2. The van der Waals surface area contributed by atoms with E-state index in [2.05, 4.69) is 19.8 Å².